The summed E-state index contributed by atoms with van der Waals surface area (Å²) in [5, 5.41) is 3.59. The Balaban J connectivity index is 3.69. The number of alkyl halides is 1. The molecule has 1 unspecified atom stereocenters. The van der Waals surface area contributed by atoms with Gasteiger partial charge in [0.2, 0.25) is 0 Å². The van der Waals surface area contributed by atoms with E-state index < -0.39 is 0 Å². The Labute approximate surface area is 100 Å². The molecule has 0 aliphatic carbocycles. The summed E-state index contributed by atoms with van der Waals surface area (Å²) in [5.74, 6) is 1.42. The summed E-state index contributed by atoms with van der Waals surface area (Å²) >= 11 is 5.79. The Morgan fingerprint density at radius 2 is 1.80 bits per heavy atom. The van der Waals surface area contributed by atoms with Gasteiger partial charge in [-0.3, -0.25) is 0 Å². The molecule has 0 radical (unpaired) electrons. The molecule has 0 saturated carbocycles. The standard InChI is InChI=1S/C12H27ClN2/c1-5-15(6-2)10-9-14-12(7-8-13)11(3)4/h11-12,14H,5-10H2,1-4H3. The lowest BCUT2D eigenvalue weighted by molar-refractivity contribution is 0.285. The third-order valence-electron chi connectivity index (χ3n) is 2.95. The van der Waals surface area contributed by atoms with Crippen molar-refractivity contribution < 1.29 is 0 Å². The topological polar surface area (TPSA) is 15.3 Å². The van der Waals surface area contributed by atoms with Crippen molar-refractivity contribution in [1.29, 1.82) is 0 Å². The van der Waals surface area contributed by atoms with Crippen LogP contribution >= 0.6 is 11.6 Å². The third-order valence-corrected chi connectivity index (χ3v) is 3.17. The number of nitrogens with zero attached hydrogens (tertiary/aromatic N) is 1. The first kappa shape index (κ1) is 15.2. The molecule has 0 amide bonds. The van der Waals surface area contributed by atoms with Gasteiger partial charge in [0.05, 0.1) is 0 Å². The molecule has 0 aromatic carbocycles. The second kappa shape index (κ2) is 9.44. The molecule has 0 aromatic heterocycles. The van der Waals surface area contributed by atoms with Crippen molar-refractivity contribution in [1.82, 2.24) is 10.2 Å². The van der Waals surface area contributed by atoms with Crippen molar-refractivity contribution in [2.45, 2.75) is 40.2 Å². The van der Waals surface area contributed by atoms with E-state index in [9.17, 15) is 0 Å². The van der Waals surface area contributed by atoms with Crippen molar-refractivity contribution in [3.05, 3.63) is 0 Å². The summed E-state index contributed by atoms with van der Waals surface area (Å²) in [4.78, 5) is 2.44. The molecule has 0 aliphatic rings. The number of rotatable bonds is 9. The maximum Gasteiger partial charge on any atom is 0.0238 e. The van der Waals surface area contributed by atoms with E-state index in [4.69, 9.17) is 11.6 Å². The third kappa shape index (κ3) is 7.15. The maximum atomic E-state index is 5.79. The van der Waals surface area contributed by atoms with Gasteiger partial charge in [0, 0.05) is 25.0 Å². The predicted molar refractivity (Wildman–Crippen MR) is 69.8 cm³/mol. The summed E-state index contributed by atoms with van der Waals surface area (Å²) in [6, 6.07) is 0.568. The molecule has 92 valence electrons. The van der Waals surface area contributed by atoms with E-state index in [0.717, 1.165) is 38.5 Å². The van der Waals surface area contributed by atoms with E-state index in [1.807, 2.05) is 0 Å². The van der Waals surface area contributed by atoms with Crippen LogP contribution in [0.15, 0.2) is 0 Å². The van der Waals surface area contributed by atoms with Crippen LogP contribution in [-0.2, 0) is 0 Å². The first-order valence-electron chi connectivity index (χ1n) is 6.17. The van der Waals surface area contributed by atoms with Gasteiger partial charge in [-0.05, 0) is 25.4 Å². The highest BCUT2D eigenvalue weighted by atomic mass is 35.5. The van der Waals surface area contributed by atoms with E-state index in [1.165, 1.54) is 0 Å². The molecule has 0 heterocycles. The van der Waals surface area contributed by atoms with Crippen LogP contribution in [0.3, 0.4) is 0 Å². The van der Waals surface area contributed by atoms with Crippen molar-refractivity contribution in [3.8, 4) is 0 Å². The molecule has 0 spiro atoms. The molecule has 0 bridgehead atoms. The summed E-state index contributed by atoms with van der Waals surface area (Å²) < 4.78 is 0. The van der Waals surface area contributed by atoms with Crippen molar-refractivity contribution in [2.24, 2.45) is 5.92 Å². The second-order valence-electron chi connectivity index (χ2n) is 4.31. The molecule has 0 rings (SSSR count). The lowest BCUT2D eigenvalue weighted by Crippen LogP contribution is -2.40. The van der Waals surface area contributed by atoms with Crippen LogP contribution in [0, 0.1) is 5.92 Å². The highest BCUT2D eigenvalue weighted by Crippen LogP contribution is 2.06. The molecular formula is C12H27ClN2. The van der Waals surface area contributed by atoms with Crippen molar-refractivity contribution in [3.63, 3.8) is 0 Å². The smallest absolute Gasteiger partial charge is 0.0238 e. The minimum Gasteiger partial charge on any atom is -0.312 e. The van der Waals surface area contributed by atoms with E-state index in [2.05, 4.69) is 37.9 Å². The van der Waals surface area contributed by atoms with Gasteiger partial charge in [0.1, 0.15) is 0 Å². The van der Waals surface area contributed by atoms with E-state index in [0.29, 0.717) is 12.0 Å². The average molecular weight is 235 g/mol. The zero-order valence-corrected chi connectivity index (χ0v) is 11.5. The first-order valence-corrected chi connectivity index (χ1v) is 6.70. The Morgan fingerprint density at radius 3 is 2.20 bits per heavy atom. The largest absolute Gasteiger partial charge is 0.312 e. The minimum absolute atomic E-state index is 0.568. The van der Waals surface area contributed by atoms with Gasteiger partial charge in [-0.15, -0.1) is 11.6 Å². The van der Waals surface area contributed by atoms with E-state index in [-0.39, 0.29) is 0 Å². The van der Waals surface area contributed by atoms with Gasteiger partial charge in [0.25, 0.3) is 0 Å². The highest BCUT2D eigenvalue weighted by Gasteiger charge is 2.11. The lowest BCUT2D eigenvalue weighted by atomic mass is 10.0. The Kier molecular flexibility index (Phi) is 9.57. The number of hydrogen-bond donors (Lipinski definition) is 1. The van der Waals surface area contributed by atoms with Gasteiger partial charge < -0.3 is 10.2 Å². The minimum atomic E-state index is 0.568. The highest BCUT2D eigenvalue weighted by molar-refractivity contribution is 6.17. The molecular weight excluding hydrogens is 208 g/mol. The maximum absolute atomic E-state index is 5.79. The van der Waals surface area contributed by atoms with Crippen LogP contribution in [0.4, 0.5) is 0 Å². The molecule has 0 aliphatic heterocycles. The Hall–Kier alpha value is 0.210. The quantitative estimate of drug-likeness (QED) is 0.617. The van der Waals surface area contributed by atoms with Gasteiger partial charge in [-0.25, -0.2) is 0 Å². The molecule has 2 nitrogen and oxygen atoms in total. The number of likely N-dealkylation sites (N-methyl/N-ethyl adjacent to an activating group) is 1. The van der Waals surface area contributed by atoms with Crippen LogP contribution in [-0.4, -0.2) is 43.0 Å². The fraction of sp³-hybridized carbons (Fsp3) is 1.00. The van der Waals surface area contributed by atoms with E-state index in [1.54, 1.807) is 0 Å². The molecule has 0 aromatic rings. The van der Waals surface area contributed by atoms with Crippen molar-refractivity contribution >= 4 is 11.6 Å². The molecule has 3 heteroatoms. The summed E-state index contributed by atoms with van der Waals surface area (Å²) in [5.41, 5.74) is 0. The number of halogens is 1. The van der Waals surface area contributed by atoms with E-state index >= 15 is 0 Å². The van der Waals surface area contributed by atoms with Gasteiger partial charge in [-0.2, -0.15) is 0 Å². The first-order chi connectivity index (χ1) is 7.15. The zero-order chi connectivity index (χ0) is 11.7. The SMILES string of the molecule is CCN(CC)CCNC(CCCl)C(C)C. The lowest BCUT2D eigenvalue weighted by Gasteiger charge is -2.24. The monoisotopic (exact) mass is 234 g/mol. The predicted octanol–water partition coefficient (Wildman–Crippen LogP) is 2.57. The Morgan fingerprint density at radius 1 is 1.20 bits per heavy atom. The average Bonchev–Trinajstić information content (AvgIpc) is 2.22. The zero-order valence-electron chi connectivity index (χ0n) is 10.7. The van der Waals surface area contributed by atoms with Gasteiger partial charge in [-0.1, -0.05) is 27.7 Å². The molecule has 0 saturated heterocycles. The van der Waals surface area contributed by atoms with Crippen LogP contribution in [0.1, 0.15) is 34.1 Å². The fourth-order valence-corrected chi connectivity index (χ4v) is 1.97. The van der Waals surface area contributed by atoms with Crippen LogP contribution in [0.25, 0.3) is 0 Å². The number of nitrogens with one attached hydrogen (secondary N) is 1. The number of hydrogen-bond acceptors (Lipinski definition) is 2. The molecule has 1 atom stereocenters. The Bertz CT molecular complexity index is 136. The van der Waals surface area contributed by atoms with Crippen LogP contribution in [0.5, 0.6) is 0 Å². The summed E-state index contributed by atoms with van der Waals surface area (Å²) in [6.07, 6.45) is 1.07. The van der Waals surface area contributed by atoms with Crippen LogP contribution < -0.4 is 5.32 Å². The summed E-state index contributed by atoms with van der Waals surface area (Å²) in [7, 11) is 0. The second-order valence-corrected chi connectivity index (χ2v) is 4.69. The normalized spacial score (nSPS) is 13.8. The molecule has 1 N–H and O–H groups in total. The van der Waals surface area contributed by atoms with Crippen LogP contribution in [0.2, 0.25) is 0 Å². The summed E-state index contributed by atoms with van der Waals surface area (Å²) in [6.45, 7) is 13.4. The van der Waals surface area contributed by atoms with Crippen molar-refractivity contribution in [2.75, 3.05) is 32.1 Å². The van der Waals surface area contributed by atoms with Gasteiger partial charge >= 0.3 is 0 Å². The molecule has 0 fully saturated rings. The fourth-order valence-electron chi connectivity index (χ4n) is 1.74. The van der Waals surface area contributed by atoms with Gasteiger partial charge in [0.15, 0.2) is 0 Å². The molecule has 15 heavy (non-hydrogen) atoms.